The molecule has 0 unspecified atom stereocenters. The fourth-order valence-corrected chi connectivity index (χ4v) is 1.96. The highest BCUT2D eigenvalue weighted by Crippen LogP contribution is 2.13. The molecule has 0 fully saturated rings. The lowest BCUT2D eigenvalue weighted by Gasteiger charge is -2.25. The molecule has 0 aliphatic carbocycles. The van der Waals surface area contributed by atoms with Gasteiger partial charge in [-0.2, -0.15) is 5.10 Å². The van der Waals surface area contributed by atoms with E-state index < -0.39 is 11.5 Å². The molecule has 2 amide bonds. The third kappa shape index (κ3) is 5.85. The Morgan fingerprint density at radius 1 is 1.43 bits per heavy atom. The van der Waals surface area contributed by atoms with E-state index >= 15 is 0 Å². The van der Waals surface area contributed by atoms with E-state index in [1.54, 1.807) is 25.6 Å². The van der Waals surface area contributed by atoms with Gasteiger partial charge in [0.2, 0.25) is 0 Å². The van der Waals surface area contributed by atoms with Gasteiger partial charge >= 0.3 is 12.0 Å². The quantitative estimate of drug-likeness (QED) is 0.718. The van der Waals surface area contributed by atoms with Crippen LogP contribution in [0, 0.1) is 0 Å². The Balaban J connectivity index is 2.58. The Hall–Kier alpha value is -2.05. The predicted octanol–water partition coefficient (Wildman–Crippen LogP) is 2.14. The van der Waals surface area contributed by atoms with Crippen LogP contribution in [0.25, 0.3) is 0 Å². The van der Waals surface area contributed by atoms with Crippen molar-refractivity contribution in [1.29, 1.82) is 0 Å². The molecule has 0 saturated heterocycles. The molecule has 0 spiro atoms. The number of carbonyl (C=O) groups is 2. The smallest absolute Gasteiger partial charge is 0.320 e. The standard InChI is InChI=1S/C14H24N4O3/c1-5-6-10-9-11(18(4)17-10)15-13(21)16-14(2,3)8-7-12(19)20/h9H,5-8H2,1-4H3,(H,19,20)(H2,15,16,21). The van der Waals surface area contributed by atoms with Crippen LogP contribution in [-0.4, -0.2) is 32.4 Å². The molecule has 21 heavy (non-hydrogen) atoms. The van der Waals surface area contributed by atoms with Gasteiger partial charge < -0.3 is 10.4 Å². The van der Waals surface area contributed by atoms with Gasteiger partial charge in [0.1, 0.15) is 5.82 Å². The number of anilines is 1. The topological polar surface area (TPSA) is 96.3 Å². The summed E-state index contributed by atoms with van der Waals surface area (Å²) in [6.07, 6.45) is 2.23. The minimum absolute atomic E-state index is 0.0135. The van der Waals surface area contributed by atoms with Crippen LogP contribution >= 0.6 is 0 Å². The van der Waals surface area contributed by atoms with Crippen LogP contribution in [0.1, 0.15) is 45.7 Å². The number of aliphatic carboxylic acids is 1. The lowest BCUT2D eigenvalue weighted by atomic mass is 9.99. The van der Waals surface area contributed by atoms with Crippen molar-refractivity contribution in [2.45, 2.75) is 52.0 Å². The Labute approximate surface area is 124 Å². The number of hydrogen-bond acceptors (Lipinski definition) is 3. The number of amides is 2. The molecule has 0 bridgehead atoms. The van der Waals surface area contributed by atoms with Crippen molar-refractivity contribution in [3.8, 4) is 0 Å². The molecule has 0 radical (unpaired) electrons. The molecule has 7 heteroatoms. The fraction of sp³-hybridized carbons (Fsp3) is 0.643. The number of nitrogens with one attached hydrogen (secondary N) is 2. The van der Waals surface area contributed by atoms with Crippen LogP contribution < -0.4 is 10.6 Å². The van der Waals surface area contributed by atoms with Gasteiger partial charge in [-0.25, -0.2) is 4.79 Å². The summed E-state index contributed by atoms with van der Waals surface area (Å²) in [6.45, 7) is 5.65. The SMILES string of the molecule is CCCc1cc(NC(=O)NC(C)(C)CCC(=O)O)n(C)n1. The van der Waals surface area contributed by atoms with Gasteiger partial charge in [-0.1, -0.05) is 13.3 Å². The molecule has 7 nitrogen and oxygen atoms in total. The van der Waals surface area contributed by atoms with Gasteiger partial charge in [0, 0.05) is 25.1 Å². The summed E-state index contributed by atoms with van der Waals surface area (Å²) in [5.74, 6) is -0.258. The van der Waals surface area contributed by atoms with Crippen LogP contribution in [0.5, 0.6) is 0 Å². The first-order chi connectivity index (χ1) is 9.73. The zero-order valence-electron chi connectivity index (χ0n) is 13.1. The highest BCUT2D eigenvalue weighted by atomic mass is 16.4. The van der Waals surface area contributed by atoms with Crippen LogP contribution in [-0.2, 0) is 18.3 Å². The number of aromatic nitrogens is 2. The Morgan fingerprint density at radius 3 is 2.67 bits per heavy atom. The fourth-order valence-electron chi connectivity index (χ4n) is 1.96. The first kappa shape index (κ1) is 17.0. The van der Waals surface area contributed by atoms with E-state index in [1.165, 1.54) is 0 Å². The molecule has 0 saturated carbocycles. The minimum atomic E-state index is -0.874. The van der Waals surface area contributed by atoms with Gasteiger partial charge in [0.15, 0.2) is 0 Å². The third-order valence-electron chi connectivity index (χ3n) is 3.09. The van der Waals surface area contributed by atoms with Gasteiger partial charge in [0.25, 0.3) is 0 Å². The lowest BCUT2D eigenvalue weighted by Crippen LogP contribution is -2.46. The van der Waals surface area contributed by atoms with Crippen molar-refractivity contribution in [3.05, 3.63) is 11.8 Å². The molecule has 118 valence electrons. The van der Waals surface area contributed by atoms with Crippen molar-refractivity contribution in [2.24, 2.45) is 7.05 Å². The number of carbonyl (C=O) groups excluding carboxylic acids is 1. The molecule has 1 heterocycles. The molecule has 1 aromatic heterocycles. The van der Waals surface area contributed by atoms with Crippen LogP contribution in [0.15, 0.2) is 6.07 Å². The number of hydrogen-bond donors (Lipinski definition) is 3. The van der Waals surface area contributed by atoms with Gasteiger partial charge in [-0.05, 0) is 26.7 Å². The van der Waals surface area contributed by atoms with Crippen LogP contribution in [0.4, 0.5) is 10.6 Å². The molecule has 1 rings (SSSR count). The van der Waals surface area contributed by atoms with Gasteiger partial charge in [0.05, 0.1) is 5.69 Å². The van der Waals surface area contributed by atoms with Crippen LogP contribution in [0.3, 0.4) is 0 Å². The van der Waals surface area contributed by atoms with Gasteiger partial charge in [-0.15, -0.1) is 0 Å². The van der Waals surface area contributed by atoms with Crippen molar-refractivity contribution in [3.63, 3.8) is 0 Å². The number of carboxylic acids is 1. The lowest BCUT2D eigenvalue weighted by molar-refractivity contribution is -0.137. The third-order valence-corrected chi connectivity index (χ3v) is 3.09. The van der Waals surface area contributed by atoms with E-state index in [4.69, 9.17) is 5.11 Å². The highest BCUT2D eigenvalue weighted by Gasteiger charge is 2.22. The Bertz CT molecular complexity index is 508. The number of aryl methyl sites for hydroxylation is 2. The molecule has 3 N–H and O–H groups in total. The molecule has 0 atom stereocenters. The van der Waals surface area contributed by atoms with Crippen molar-refractivity contribution < 1.29 is 14.7 Å². The van der Waals surface area contributed by atoms with E-state index in [1.807, 2.05) is 6.07 Å². The average Bonchev–Trinajstić information content (AvgIpc) is 2.67. The first-order valence-electron chi connectivity index (χ1n) is 7.07. The largest absolute Gasteiger partial charge is 0.481 e. The maximum atomic E-state index is 12.0. The molecule has 0 aliphatic rings. The highest BCUT2D eigenvalue weighted by molar-refractivity contribution is 5.88. The zero-order chi connectivity index (χ0) is 16.0. The summed E-state index contributed by atoms with van der Waals surface area (Å²) >= 11 is 0. The average molecular weight is 296 g/mol. The number of rotatable bonds is 7. The number of nitrogens with zero attached hydrogens (tertiary/aromatic N) is 2. The molecular formula is C14H24N4O3. The van der Waals surface area contributed by atoms with Crippen molar-refractivity contribution in [1.82, 2.24) is 15.1 Å². The molecular weight excluding hydrogens is 272 g/mol. The zero-order valence-corrected chi connectivity index (χ0v) is 13.1. The van der Waals surface area contributed by atoms with E-state index in [-0.39, 0.29) is 12.5 Å². The predicted molar refractivity (Wildman–Crippen MR) is 80.3 cm³/mol. The Kier molecular flexibility index (Phi) is 5.75. The summed E-state index contributed by atoms with van der Waals surface area (Å²) in [6, 6.07) is 1.48. The summed E-state index contributed by atoms with van der Waals surface area (Å²) in [5.41, 5.74) is 0.341. The molecule has 0 aromatic carbocycles. The normalized spacial score (nSPS) is 11.2. The van der Waals surface area contributed by atoms with E-state index in [0.29, 0.717) is 12.2 Å². The number of carboxylic acid groups (broad SMARTS) is 1. The summed E-state index contributed by atoms with van der Waals surface area (Å²) in [7, 11) is 1.77. The maximum Gasteiger partial charge on any atom is 0.320 e. The maximum absolute atomic E-state index is 12.0. The van der Waals surface area contributed by atoms with Gasteiger partial charge in [-0.3, -0.25) is 14.8 Å². The second kappa shape index (κ2) is 7.10. The van der Waals surface area contributed by atoms with Crippen LogP contribution in [0.2, 0.25) is 0 Å². The van der Waals surface area contributed by atoms with E-state index in [0.717, 1.165) is 18.5 Å². The molecule has 1 aromatic rings. The summed E-state index contributed by atoms with van der Waals surface area (Å²) in [5, 5.41) is 18.5. The van der Waals surface area contributed by atoms with E-state index in [9.17, 15) is 9.59 Å². The first-order valence-corrected chi connectivity index (χ1v) is 7.07. The summed E-state index contributed by atoms with van der Waals surface area (Å²) in [4.78, 5) is 22.6. The van der Waals surface area contributed by atoms with E-state index in [2.05, 4.69) is 22.7 Å². The number of urea groups is 1. The van der Waals surface area contributed by atoms with Crippen molar-refractivity contribution >= 4 is 17.8 Å². The Morgan fingerprint density at radius 2 is 2.10 bits per heavy atom. The monoisotopic (exact) mass is 296 g/mol. The second-order valence-corrected chi connectivity index (χ2v) is 5.75. The minimum Gasteiger partial charge on any atom is -0.481 e. The molecule has 0 aliphatic heterocycles. The summed E-state index contributed by atoms with van der Waals surface area (Å²) < 4.78 is 1.62. The van der Waals surface area contributed by atoms with Crippen molar-refractivity contribution in [2.75, 3.05) is 5.32 Å². The second-order valence-electron chi connectivity index (χ2n) is 5.75.